The molecule has 0 bridgehead atoms. The van der Waals surface area contributed by atoms with Crippen molar-refractivity contribution in [1.82, 2.24) is 0 Å². The fourth-order valence-electron chi connectivity index (χ4n) is 1.04. The number of esters is 1. The molecule has 1 aromatic carbocycles. The van der Waals surface area contributed by atoms with E-state index < -0.39 is 0 Å². The molecule has 0 fully saturated rings. The molecule has 2 nitrogen and oxygen atoms in total. The van der Waals surface area contributed by atoms with Gasteiger partial charge in [0, 0.05) is 10.1 Å². The Labute approximate surface area is 91.7 Å². The summed E-state index contributed by atoms with van der Waals surface area (Å²) in [5.74, 6) is -0.319. The van der Waals surface area contributed by atoms with Gasteiger partial charge in [0.2, 0.25) is 0 Å². The van der Waals surface area contributed by atoms with Gasteiger partial charge in [-0.1, -0.05) is 30.3 Å². The molecule has 0 amide bonds. The zero-order chi connectivity index (χ0) is 10.6. The van der Waals surface area contributed by atoms with Gasteiger partial charge in [0.15, 0.2) is 0 Å². The van der Waals surface area contributed by atoms with E-state index >= 15 is 0 Å². The van der Waals surface area contributed by atoms with Crippen LogP contribution in [0.2, 0.25) is 0 Å². The molecular weight excluding hydrogens is 244 g/mol. The second-order valence-electron chi connectivity index (χ2n) is 2.80. The Bertz CT molecular complexity index is 355. The maximum atomic E-state index is 11.2. The first-order valence-electron chi connectivity index (χ1n) is 4.17. The maximum absolute atomic E-state index is 11.2. The number of halogens is 1. The van der Waals surface area contributed by atoms with Gasteiger partial charge in [-0.3, -0.25) is 0 Å². The van der Waals surface area contributed by atoms with Crippen molar-refractivity contribution in [3.05, 3.63) is 41.5 Å². The summed E-state index contributed by atoms with van der Waals surface area (Å²) in [6.45, 7) is 1.73. The van der Waals surface area contributed by atoms with Gasteiger partial charge < -0.3 is 4.74 Å². The SMILES string of the molecule is COC(=O)/C(C)=C(/Br)c1ccccc1. The highest BCUT2D eigenvalue weighted by Gasteiger charge is 2.09. The van der Waals surface area contributed by atoms with Crippen LogP contribution in [0.3, 0.4) is 0 Å². The van der Waals surface area contributed by atoms with Crippen molar-refractivity contribution in [2.24, 2.45) is 0 Å². The minimum atomic E-state index is -0.319. The fourth-order valence-corrected chi connectivity index (χ4v) is 1.47. The molecular formula is C11H11BrO2. The Balaban J connectivity index is 3.05. The third-order valence-corrected chi connectivity index (χ3v) is 2.90. The molecule has 0 aliphatic heterocycles. The lowest BCUT2D eigenvalue weighted by molar-refractivity contribution is -0.135. The minimum Gasteiger partial charge on any atom is -0.466 e. The molecule has 0 aliphatic rings. The van der Waals surface area contributed by atoms with E-state index in [-0.39, 0.29) is 5.97 Å². The van der Waals surface area contributed by atoms with Crippen molar-refractivity contribution < 1.29 is 9.53 Å². The van der Waals surface area contributed by atoms with Crippen LogP contribution in [0.4, 0.5) is 0 Å². The molecule has 14 heavy (non-hydrogen) atoms. The van der Waals surface area contributed by atoms with Crippen LogP contribution in [0.5, 0.6) is 0 Å². The van der Waals surface area contributed by atoms with Crippen molar-refractivity contribution in [3.63, 3.8) is 0 Å². The smallest absolute Gasteiger partial charge is 0.334 e. The lowest BCUT2D eigenvalue weighted by Crippen LogP contribution is -2.02. The number of hydrogen-bond donors (Lipinski definition) is 0. The minimum absolute atomic E-state index is 0.319. The molecule has 0 N–H and O–H groups in total. The van der Waals surface area contributed by atoms with Crippen molar-refractivity contribution in [2.45, 2.75) is 6.92 Å². The summed E-state index contributed by atoms with van der Waals surface area (Å²) in [7, 11) is 1.37. The largest absolute Gasteiger partial charge is 0.466 e. The normalized spacial score (nSPS) is 11.9. The van der Waals surface area contributed by atoms with Crippen LogP contribution in [0, 0.1) is 0 Å². The Hall–Kier alpha value is -1.09. The highest BCUT2D eigenvalue weighted by Crippen LogP contribution is 2.25. The highest BCUT2D eigenvalue weighted by molar-refractivity contribution is 9.15. The molecule has 0 unspecified atom stereocenters. The van der Waals surface area contributed by atoms with Gasteiger partial charge in [0.05, 0.1) is 7.11 Å². The second kappa shape index (κ2) is 4.96. The quantitative estimate of drug-likeness (QED) is 0.599. The molecule has 0 saturated carbocycles. The van der Waals surface area contributed by atoms with Crippen molar-refractivity contribution >= 4 is 26.4 Å². The number of methoxy groups -OCH3 is 1. The van der Waals surface area contributed by atoms with Gasteiger partial charge in [-0.05, 0) is 28.4 Å². The molecule has 0 radical (unpaired) electrons. The van der Waals surface area contributed by atoms with Crippen molar-refractivity contribution in [3.8, 4) is 0 Å². The summed E-state index contributed by atoms with van der Waals surface area (Å²) in [6, 6.07) is 9.62. The standard InChI is InChI=1S/C11H11BrO2/c1-8(11(13)14-2)10(12)9-6-4-3-5-7-9/h3-7H,1-2H3/b10-8+. The van der Waals surface area contributed by atoms with Crippen LogP contribution in [-0.2, 0) is 9.53 Å². The first-order valence-corrected chi connectivity index (χ1v) is 4.96. The molecule has 0 heterocycles. The number of carbonyl (C=O) groups is 1. The van der Waals surface area contributed by atoms with Gasteiger partial charge in [0.25, 0.3) is 0 Å². The summed E-state index contributed by atoms with van der Waals surface area (Å²) in [5.41, 5.74) is 1.54. The predicted octanol–water partition coefficient (Wildman–Crippen LogP) is 2.99. The zero-order valence-corrected chi connectivity index (χ0v) is 9.67. The third-order valence-electron chi connectivity index (χ3n) is 1.85. The molecule has 0 saturated heterocycles. The lowest BCUT2D eigenvalue weighted by atomic mass is 10.1. The Morgan fingerprint density at radius 1 is 1.29 bits per heavy atom. The average Bonchev–Trinajstić information content (AvgIpc) is 2.27. The van der Waals surface area contributed by atoms with Crippen LogP contribution in [0.25, 0.3) is 4.48 Å². The lowest BCUT2D eigenvalue weighted by Gasteiger charge is -2.04. The van der Waals surface area contributed by atoms with Gasteiger partial charge in [-0.15, -0.1) is 0 Å². The number of benzene rings is 1. The molecule has 1 aromatic rings. The van der Waals surface area contributed by atoms with E-state index in [4.69, 9.17) is 0 Å². The van der Waals surface area contributed by atoms with Crippen LogP contribution in [0.1, 0.15) is 12.5 Å². The van der Waals surface area contributed by atoms with Gasteiger partial charge in [-0.2, -0.15) is 0 Å². The summed E-state index contributed by atoms with van der Waals surface area (Å²) in [5, 5.41) is 0. The van der Waals surface area contributed by atoms with Crippen molar-refractivity contribution in [1.29, 1.82) is 0 Å². The first-order chi connectivity index (χ1) is 6.66. The van der Waals surface area contributed by atoms with Crippen LogP contribution in [-0.4, -0.2) is 13.1 Å². The van der Waals surface area contributed by atoms with E-state index in [1.165, 1.54) is 7.11 Å². The average molecular weight is 255 g/mol. The summed E-state index contributed by atoms with van der Waals surface area (Å²) in [6.07, 6.45) is 0. The summed E-state index contributed by atoms with van der Waals surface area (Å²) < 4.78 is 5.40. The van der Waals surface area contributed by atoms with Gasteiger partial charge in [0.1, 0.15) is 0 Å². The maximum Gasteiger partial charge on any atom is 0.334 e. The number of hydrogen-bond acceptors (Lipinski definition) is 2. The van der Waals surface area contributed by atoms with Crippen LogP contribution >= 0.6 is 15.9 Å². The van der Waals surface area contributed by atoms with Crippen LogP contribution < -0.4 is 0 Å². The van der Waals surface area contributed by atoms with Gasteiger partial charge >= 0.3 is 5.97 Å². The number of rotatable bonds is 2. The van der Waals surface area contributed by atoms with E-state index in [9.17, 15) is 4.79 Å². The number of ether oxygens (including phenoxy) is 1. The van der Waals surface area contributed by atoms with Crippen molar-refractivity contribution in [2.75, 3.05) is 7.11 Å². The summed E-state index contributed by atoms with van der Waals surface area (Å²) in [4.78, 5) is 11.2. The first kappa shape index (κ1) is 11.0. The topological polar surface area (TPSA) is 26.3 Å². The van der Waals surface area contributed by atoms with Crippen LogP contribution in [0.15, 0.2) is 35.9 Å². The summed E-state index contributed by atoms with van der Waals surface area (Å²) >= 11 is 3.37. The molecule has 1 rings (SSSR count). The fraction of sp³-hybridized carbons (Fsp3) is 0.182. The van der Waals surface area contributed by atoms with E-state index in [1.807, 2.05) is 30.3 Å². The molecule has 0 aromatic heterocycles. The Morgan fingerprint density at radius 3 is 2.36 bits per heavy atom. The molecule has 3 heteroatoms. The van der Waals surface area contributed by atoms with E-state index in [2.05, 4.69) is 20.7 Å². The van der Waals surface area contributed by atoms with E-state index in [0.717, 1.165) is 10.0 Å². The zero-order valence-electron chi connectivity index (χ0n) is 8.08. The highest BCUT2D eigenvalue weighted by atomic mass is 79.9. The molecule has 0 spiro atoms. The molecule has 74 valence electrons. The van der Waals surface area contributed by atoms with Gasteiger partial charge in [-0.25, -0.2) is 4.79 Å². The monoisotopic (exact) mass is 254 g/mol. The predicted molar refractivity (Wildman–Crippen MR) is 60.0 cm³/mol. The number of carbonyl (C=O) groups excluding carboxylic acids is 1. The Morgan fingerprint density at radius 2 is 1.86 bits per heavy atom. The van der Waals surface area contributed by atoms with E-state index in [0.29, 0.717) is 5.57 Å². The molecule has 0 atom stereocenters. The second-order valence-corrected chi connectivity index (χ2v) is 3.59. The third kappa shape index (κ3) is 2.45. The van der Waals surface area contributed by atoms with E-state index in [1.54, 1.807) is 6.92 Å². The molecule has 0 aliphatic carbocycles. The Kier molecular flexibility index (Phi) is 3.89.